The zero-order chi connectivity index (χ0) is 15.4. The van der Waals surface area contributed by atoms with Gasteiger partial charge in [0.1, 0.15) is 0 Å². The molecule has 0 spiro atoms. The summed E-state index contributed by atoms with van der Waals surface area (Å²) in [4.78, 5) is 27.5. The molecule has 0 aliphatic carbocycles. The maximum Gasteiger partial charge on any atom is 0.347 e. The summed E-state index contributed by atoms with van der Waals surface area (Å²) in [5.74, 6) is -0.00630. The minimum absolute atomic E-state index is 0. The van der Waals surface area contributed by atoms with E-state index < -0.39 is 0 Å². The summed E-state index contributed by atoms with van der Waals surface area (Å²) >= 11 is 0. The topological polar surface area (TPSA) is 76.0 Å². The first-order valence-corrected chi connectivity index (χ1v) is 7.37. The van der Waals surface area contributed by atoms with E-state index in [-0.39, 0.29) is 30.0 Å². The third-order valence-electron chi connectivity index (χ3n) is 3.71. The van der Waals surface area contributed by atoms with Gasteiger partial charge in [-0.3, -0.25) is 9.36 Å². The van der Waals surface area contributed by atoms with Crippen molar-refractivity contribution in [3.8, 4) is 0 Å². The first-order chi connectivity index (χ1) is 10.7. The van der Waals surface area contributed by atoms with Crippen molar-refractivity contribution in [2.24, 2.45) is 0 Å². The van der Waals surface area contributed by atoms with Crippen molar-refractivity contribution in [2.45, 2.75) is 25.4 Å². The molecule has 1 saturated heterocycles. The highest BCUT2D eigenvalue weighted by Crippen LogP contribution is 2.13. The van der Waals surface area contributed by atoms with Crippen LogP contribution in [0.2, 0.25) is 0 Å². The van der Waals surface area contributed by atoms with E-state index in [1.54, 1.807) is 12.3 Å². The maximum atomic E-state index is 12.1. The third-order valence-corrected chi connectivity index (χ3v) is 3.71. The van der Waals surface area contributed by atoms with Gasteiger partial charge in [-0.15, -0.1) is 12.4 Å². The molecule has 1 aliphatic rings. The van der Waals surface area contributed by atoms with Gasteiger partial charge in [0.2, 0.25) is 5.91 Å². The Bertz CT molecular complexity index is 726. The lowest BCUT2D eigenvalue weighted by atomic mass is 10.1. The largest absolute Gasteiger partial charge is 0.347 e. The quantitative estimate of drug-likeness (QED) is 0.886. The predicted molar refractivity (Wildman–Crippen MR) is 90.9 cm³/mol. The van der Waals surface area contributed by atoms with E-state index in [0.717, 1.165) is 30.6 Å². The van der Waals surface area contributed by atoms with E-state index in [2.05, 4.69) is 15.6 Å². The second-order valence-corrected chi connectivity index (χ2v) is 5.37. The number of halogens is 1. The van der Waals surface area contributed by atoms with Crippen molar-refractivity contribution >= 4 is 24.0 Å². The number of hydrogen-bond acceptors (Lipinski definition) is 4. The number of hydrogen-bond donors (Lipinski definition) is 2. The standard InChI is InChI=1S/C16H18N4O2.ClH/c21-15(14-6-2-7-17-14)19-13-5-1-4-12(10-13)11-20-9-3-8-18-16(20)22;/h1,3-5,8-10,14,17H,2,6-7,11H2,(H,19,21);1H. The van der Waals surface area contributed by atoms with Crippen LogP contribution >= 0.6 is 12.4 Å². The van der Waals surface area contributed by atoms with E-state index in [1.807, 2.05) is 24.3 Å². The van der Waals surface area contributed by atoms with Crippen LogP contribution in [0.1, 0.15) is 18.4 Å². The Hall–Kier alpha value is -2.18. The molecule has 1 unspecified atom stereocenters. The van der Waals surface area contributed by atoms with Crippen LogP contribution in [0.25, 0.3) is 0 Å². The maximum absolute atomic E-state index is 12.1. The molecule has 7 heteroatoms. The highest BCUT2D eigenvalue weighted by molar-refractivity contribution is 5.95. The third kappa shape index (κ3) is 4.40. The lowest BCUT2D eigenvalue weighted by Crippen LogP contribution is -2.35. The molecule has 0 saturated carbocycles. The number of carbonyl (C=O) groups excluding carboxylic acids is 1. The Balaban J connectivity index is 0.00000192. The summed E-state index contributed by atoms with van der Waals surface area (Å²) in [6.07, 6.45) is 5.08. The lowest BCUT2D eigenvalue weighted by Gasteiger charge is -2.12. The summed E-state index contributed by atoms with van der Waals surface area (Å²) in [5.41, 5.74) is 1.40. The first-order valence-electron chi connectivity index (χ1n) is 7.37. The highest BCUT2D eigenvalue weighted by Gasteiger charge is 2.21. The van der Waals surface area contributed by atoms with Crippen LogP contribution in [0.5, 0.6) is 0 Å². The summed E-state index contributed by atoms with van der Waals surface area (Å²) in [5, 5.41) is 6.09. The van der Waals surface area contributed by atoms with Gasteiger partial charge in [-0.05, 0) is 43.1 Å². The van der Waals surface area contributed by atoms with E-state index in [0.29, 0.717) is 6.54 Å². The van der Waals surface area contributed by atoms with Crippen LogP contribution in [0.15, 0.2) is 47.5 Å². The Kier molecular flexibility index (Phi) is 5.90. The number of benzene rings is 1. The molecule has 1 aromatic heterocycles. The Morgan fingerprint density at radius 2 is 2.26 bits per heavy atom. The van der Waals surface area contributed by atoms with Gasteiger partial charge in [0, 0.05) is 18.1 Å². The second-order valence-electron chi connectivity index (χ2n) is 5.37. The Morgan fingerprint density at radius 3 is 3.00 bits per heavy atom. The molecule has 1 aliphatic heterocycles. The van der Waals surface area contributed by atoms with Crippen LogP contribution in [0.4, 0.5) is 5.69 Å². The van der Waals surface area contributed by atoms with Crippen LogP contribution in [0.3, 0.4) is 0 Å². The molecule has 2 aromatic rings. The van der Waals surface area contributed by atoms with E-state index in [4.69, 9.17) is 0 Å². The molecule has 6 nitrogen and oxygen atoms in total. The number of amides is 1. The van der Waals surface area contributed by atoms with Gasteiger partial charge in [0.25, 0.3) is 0 Å². The van der Waals surface area contributed by atoms with Crippen LogP contribution in [0, 0.1) is 0 Å². The van der Waals surface area contributed by atoms with Crippen molar-refractivity contribution in [2.75, 3.05) is 11.9 Å². The van der Waals surface area contributed by atoms with Gasteiger partial charge in [0.05, 0.1) is 12.6 Å². The molecule has 3 rings (SSSR count). The highest BCUT2D eigenvalue weighted by atomic mass is 35.5. The van der Waals surface area contributed by atoms with Gasteiger partial charge < -0.3 is 10.6 Å². The summed E-state index contributed by atoms with van der Waals surface area (Å²) < 4.78 is 1.53. The van der Waals surface area contributed by atoms with E-state index in [1.165, 1.54) is 10.8 Å². The second kappa shape index (κ2) is 7.89. The molecule has 1 amide bonds. The fourth-order valence-electron chi connectivity index (χ4n) is 2.59. The minimum Gasteiger partial charge on any atom is -0.325 e. The van der Waals surface area contributed by atoms with Crippen LogP contribution in [-0.2, 0) is 11.3 Å². The molecule has 23 heavy (non-hydrogen) atoms. The Morgan fingerprint density at radius 1 is 1.39 bits per heavy atom. The van der Waals surface area contributed by atoms with Gasteiger partial charge >= 0.3 is 5.69 Å². The van der Waals surface area contributed by atoms with Gasteiger partial charge in [-0.25, -0.2) is 9.78 Å². The van der Waals surface area contributed by atoms with E-state index >= 15 is 0 Å². The molecule has 0 bridgehead atoms. The zero-order valence-electron chi connectivity index (χ0n) is 12.6. The van der Waals surface area contributed by atoms with Crippen molar-refractivity contribution in [3.63, 3.8) is 0 Å². The average Bonchev–Trinajstić information content (AvgIpc) is 3.04. The van der Waals surface area contributed by atoms with Crippen LogP contribution < -0.4 is 16.3 Å². The number of carbonyl (C=O) groups is 1. The average molecular weight is 335 g/mol. The smallest absolute Gasteiger partial charge is 0.325 e. The first kappa shape index (κ1) is 17.2. The normalized spacial score (nSPS) is 16.6. The van der Waals surface area contributed by atoms with Crippen molar-refractivity contribution < 1.29 is 4.79 Å². The molecule has 2 heterocycles. The zero-order valence-corrected chi connectivity index (χ0v) is 13.4. The molecular weight excluding hydrogens is 316 g/mol. The van der Waals surface area contributed by atoms with E-state index in [9.17, 15) is 9.59 Å². The summed E-state index contributed by atoms with van der Waals surface area (Å²) in [6.45, 7) is 1.32. The molecule has 1 atom stereocenters. The molecule has 1 aromatic carbocycles. The van der Waals surface area contributed by atoms with Gasteiger partial charge in [0.15, 0.2) is 0 Å². The van der Waals surface area contributed by atoms with Gasteiger partial charge in [-0.1, -0.05) is 12.1 Å². The van der Waals surface area contributed by atoms with Crippen LogP contribution in [-0.4, -0.2) is 28.0 Å². The number of anilines is 1. The monoisotopic (exact) mass is 334 g/mol. The number of aromatic nitrogens is 2. The predicted octanol–water partition coefficient (Wildman–Crippen LogP) is 1.40. The number of nitrogens with zero attached hydrogens (tertiary/aromatic N) is 2. The molecule has 1 fully saturated rings. The molecule has 2 N–H and O–H groups in total. The Labute approximate surface area is 140 Å². The number of nitrogens with one attached hydrogen (secondary N) is 2. The van der Waals surface area contributed by atoms with Crippen molar-refractivity contribution in [3.05, 3.63) is 58.8 Å². The number of rotatable bonds is 4. The molecular formula is C16H19ClN4O2. The fourth-order valence-corrected chi connectivity index (χ4v) is 2.59. The van der Waals surface area contributed by atoms with Crippen molar-refractivity contribution in [1.82, 2.24) is 14.9 Å². The minimum atomic E-state index is -0.285. The molecule has 122 valence electrons. The SMILES string of the molecule is Cl.O=C(Nc1cccc(Cn2cccnc2=O)c1)C1CCCN1. The summed E-state index contributed by atoms with van der Waals surface area (Å²) in [7, 11) is 0. The summed E-state index contributed by atoms with van der Waals surface area (Å²) in [6, 6.07) is 9.13. The van der Waals surface area contributed by atoms with Crippen molar-refractivity contribution in [1.29, 1.82) is 0 Å². The lowest BCUT2D eigenvalue weighted by molar-refractivity contribution is -0.117. The fraction of sp³-hybridized carbons (Fsp3) is 0.312. The van der Waals surface area contributed by atoms with Gasteiger partial charge in [-0.2, -0.15) is 0 Å². The molecule has 0 radical (unpaired) electrons.